The fraction of sp³-hybridized carbons (Fsp3) is 0.182. The van der Waals surface area contributed by atoms with Gasteiger partial charge >= 0.3 is 5.97 Å². The first-order valence-corrected chi connectivity index (χ1v) is 9.54. The van der Waals surface area contributed by atoms with Crippen molar-refractivity contribution in [3.8, 4) is 0 Å². The summed E-state index contributed by atoms with van der Waals surface area (Å²) in [6, 6.07) is 14.1. The van der Waals surface area contributed by atoms with E-state index in [-0.39, 0.29) is 12.4 Å². The number of esters is 1. The molecule has 0 amide bonds. The van der Waals surface area contributed by atoms with Crippen molar-refractivity contribution in [2.75, 3.05) is 7.11 Å². The van der Waals surface area contributed by atoms with Gasteiger partial charge < -0.3 is 9.57 Å². The minimum absolute atomic E-state index is 0.181. The Hall–Kier alpha value is -2.99. The van der Waals surface area contributed by atoms with Gasteiger partial charge in [-0.2, -0.15) is 0 Å². The Bertz CT molecular complexity index is 1070. The number of hydrogen-bond acceptors (Lipinski definition) is 5. The third kappa shape index (κ3) is 4.12. The number of halogens is 1. The number of fused-ring (bicyclic) bond motifs is 1. The molecule has 1 heterocycles. The Morgan fingerprint density at radius 2 is 2.00 bits per heavy atom. The zero-order valence-electron chi connectivity index (χ0n) is 15.9. The topological polar surface area (TPSA) is 47.9 Å². The molecule has 3 rings (SSSR count). The summed E-state index contributed by atoms with van der Waals surface area (Å²) in [6.07, 6.45) is 1.74. The summed E-state index contributed by atoms with van der Waals surface area (Å²) in [4.78, 5) is 18.6. The maximum atomic E-state index is 13.4. The molecule has 3 aromatic rings. The molecule has 28 heavy (non-hydrogen) atoms. The lowest BCUT2D eigenvalue weighted by molar-refractivity contribution is -0.133. The number of nitrogens with zero attached hydrogens (tertiary/aromatic N) is 1. The number of thiophene rings is 1. The van der Waals surface area contributed by atoms with Gasteiger partial charge in [0.2, 0.25) is 0 Å². The molecule has 0 bridgehead atoms. The molecule has 0 aliphatic rings. The first kappa shape index (κ1) is 19.8. The summed E-state index contributed by atoms with van der Waals surface area (Å²) in [5, 5.41) is 5.13. The summed E-state index contributed by atoms with van der Waals surface area (Å²) in [5.74, 6) is -0.719. The van der Waals surface area contributed by atoms with E-state index in [0.717, 1.165) is 20.5 Å². The molecule has 0 unspecified atom stereocenters. The highest BCUT2D eigenvalue weighted by molar-refractivity contribution is 7.20. The van der Waals surface area contributed by atoms with E-state index in [2.05, 4.69) is 5.16 Å². The molecular weight excluding hydrogens is 377 g/mol. The first-order valence-electron chi connectivity index (χ1n) is 8.73. The molecule has 4 nitrogen and oxygen atoms in total. The van der Waals surface area contributed by atoms with Crippen LogP contribution in [0.5, 0.6) is 0 Å². The van der Waals surface area contributed by atoms with Crippen LogP contribution in [0.4, 0.5) is 4.39 Å². The highest BCUT2D eigenvalue weighted by Crippen LogP contribution is 2.36. The second-order valence-electron chi connectivity index (χ2n) is 6.06. The van der Waals surface area contributed by atoms with E-state index < -0.39 is 5.97 Å². The largest absolute Gasteiger partial charge is 0.465 e. The van der Waals surface area contributed by atoms with Crippen LogP contribution in [0.3, 0.4) is 0 Å². The van der Waals surface area contributed by atoms with E-state index in [1.807, 2.05) is 24.3 Å². The van der Waals surface area contributed by atoms with E-state index in [4.69, 9.17) is 9.57 Å². The third-order valence-corrected chi connectivity index (χ3v) is 5.54. The molecule has 0 saturated heterocycles. The summed E-state index contributed by atoms with van der Waals surface area (Å²) in [6.45, 7) is 3.74. The average Bonchev–Trinajstić information content (AvgIpc) is 3.06. The molecule has 0 spiro atoms. The van der Waals surface area contributed by atoms with E-state index >= 15 is 0 Å². The minimum atomic E-state index is -0.394. The van der Waals surface area contributed by atoms with Gasteiger partial charge in [0.15, 0.2) is 0 Å². The molecule has 0 saturated carbocycles. The van der Waals surface area contributed by atoms with Gasteiger partial charge in [-0.25, -0.2) is 9.18 Å². The number of methoxy groups -OCH3 is 1. The van der Waals surface area contributed by atoms with Crippen molar-refractivity contribution in [1.29, 1.82) is 0 Å². The standard InChI is InChI=1S/C22H20FNO3S/c1-4-17(22(25)26-3)21-19(18-10-5-6-11-20(18)28-21)13-27-24-14(2)15-8-7-9-16(23)12-15/h4-12H,13H2,1-3H3. The molecule has 1 aromatic heterocycles. The van der Waals surface area contributed by atoms with Crippen LogP contribution in [0.25, 0.3) is 15.7 Å². The van der Waals surface area contributed by atoms with Gasteiger partial charge in [0.1, 0.15) is 12.4 Å². The minimum Gasteiger partial charge on any atom is -0.465 e. The molecule has 0 radical (unpaired) electrons. The molecule has 0 aliphatic heterocycles. The fourth-order valence-corrected chi connectivity index (χ4v) is 4.14. The van der Waals surface area contributed by atoms with Gasteiger partial charge in [-0.1, -0.05) is 41.6 Å². The summed E-state index contributed by atoms with van der Waals surface area (Å²) in [7, 11) is 1.36. The van der Waals surface area contributed by atoms with Crippen molar-refractivity contribution in [2.45, 2.75) is 20.5 Å². The van der Waals surface area contributed by atoms with Crippen molar-refractivity contribution in [3.63, 3.8) is 0 Å². The number of carbonyl (C=O) groups excluding carboxylic acids is 1. The predicted molar refractivity (Wildman–Crippen MR) is 111 cm³/mol. The monoisotopic (exact) mass is 397 g/mol. The summed E-state index contributed by atoms with van der Waals surface area (Å²) < 4.78 is 19.4. The molecule has 0 aliphatic carbocycles. The number of benzene rings is 2. The van der Waals surface area contributed by atoms with E-state index in [1.54, 1.807) is 32.1 Å². The van der Waals surface area contributed by atoms with Crippen LogP contribution < -0.4 is 0 Å². The van der Waals surface area contributed by atoms with Crippen LogP contribution >= 0.6 is 11.3 Å². The van der Waals surface area contributed by atoms with Crippen molar-refractivity contribution in [1.82, 2.24) is 0 Å². The first-order chi connectivity index (χ1) is 13.5. The van der Waals surface area contributed by atoms with Crippen molar-refractivity contribution >= 4 is 38.7 Å². The summed E-state index contributed by atoms with van der Waals surface area (Å²) >= 11 is 1.51. The Balaban J connectivity index is 1.93. The lowest BCUT2D eigenvalue weighted by Gasteiger charge is -2.07. The number of carbonyl (C=O) groups is 1. The van der Waals surface area contributed by atoms with Gasteiger partial charge in [0, 0.05) is 20.7 Å². The molecule has 0 N–H and O–H groups in total. The predicted octanol–water partition coefficient (Wildman–Crippen LogP) is 5.56. The summed E-state index contributed by atoms with van der Waals surface area (Å²) in [5.41, 5.74) is 2.59. The number of allylic oxidation sites excluding steroid dienone is 1. The maximum absolute atomic E-state index is 13.4. The van der Waals surface area contributed by atoms with Gasteiger partial charge in [-0.05, 0) is 37.4 Å². The fourth-order valence-electron chi connectivity index (χ4n) is 2.87. The van der Waals surface area contributed by atoms with Crippen LogP contribution in [0.15, 0.2) is 59.8 Å². The smallest absolute Gasteiger partial charge is 0.338 e. The lowest BCUT2D eigenvalue weighted by Crippen LogP contribution is -2.05. The number of oxime groups is 1. The van der Waals surface area contributed by atoms with Gasteiger partial charge in [0.25, 0.3) is 0 Å². The zero-order valence-corrected chi connectivity index (χ0v) is 16.7. The molecule has 0 fully saturated rings. The third-order valence-electron chi connectivity index (χ3n) is 4.29. The van der Waals surface area contributed by atoms with Crippen molar-refractivity contribution in [2.24, 2.45) is 5.16 Å². The number of ether oxygens (including phenoxy) is 1. The van der Waals surface area contributed by atoms with Crippen molar-refractivity contribution in [3.05, 3.63) is 76.4 Å². The highest BCUT2D eigenvalue weighted by Gasteiger charge is 2.21. The Labute approximate surface area is 166 Å². The van der Waals surface area contributed by atoms with E-state index in [1.165, 1.54) is 30.6 Å². The quantitative estimate of drug-likeness (QED) is 0.237. The normalized spacial score (nSPS) is 12.3. The van der Waals surface area contributed by atoms with Gasteiger partial charge in [-0.3, -0.25) is 0 Å². The van der Waals surface area contributed by atoms with E-state index in [9.17, 15) is 9.18 Å². The second-order valence-corrected chi connectivity index (χ2v) is 7.11. The average molecular weight is 397 g/mol. The van der Waals surface area contributed by atoms with E-state index in [0.29, 0.717) is 16.8 Å². The molecule has 2 aromatic carbocycles. The molecule has 0 atom stereocenters. The van der Waals surface area contributed by atoms with Gasteiger partial charge in [0.05, 0.1) is 18.4 Å². The molecule has 144 valence electrons. The molecule has 6 heteroatoms. The number of hydrogen-bond donors (Lipinski definition) is 0. The SMILES string of the molecule is CC=C(C(=O)OC)c1sc2ccccc2c1CON=C(C)c1cccc(F)c1. The lowest BCUT2D eigenvalue weighted by atomic mass is 10.1. The van der Waals surface area contributed by atoms with Crippen LogP contribution in [-0.2, 0) is 21.0 Å². The van der Waals surface area contributed by atoms with Crippen LogP contribution in [0.1, 0.15) is 29.9 Å². The van der Waals surface area contributed by atoms with Gasteiger partial charge in [-0.15, -0.1) is 11.3 Å². The zero-order chi connectivity index (χ0) is 20.1. The van der Waals surface area contributed by atoms with Crippen molar-refractivity contribution < 1.29 is 18.8 Å². The Morgan fingerprint density at radius 1 is 1.21 bits per heavy atom. The van der Waals surface area contributed by atoms with Crippen LogP contribution in [0.2, 0.25) is 0 Å². The second kappa shape index (κ2) is 8.80. The highest BCUT2D eigenvalue weighted by atomic mass is 32.1. The maximum Gasteiger partial charge on any atom is 0.338 e. The Kier molecular flexibility index (Phi) is 6.21. The Morgan fingerprint density at radius 3 is 2.71 bits per heavy atom. The number of rotatable bonds is 6. The van der Waals surface area contributed by atoms with Crippen LogP contribution in [-0.4, -0.2) is 18.8 Å². The molecular formula is C22H20FNO3S. The van der Waals surface area contributed by atoms with Crippen LogP contribution in [0, 0.1) is 5.82 Å².